The number of alkyl carbamates (subject to hydrolysis) is 1. The first-order valence-corrected chi connectivity index (χ1v) is 13.7. The minimum absolute atomic E-state index is 0.0807. The number of terminal acetylenes is 1. The lowest BCUT2D eigenvalue weighted by Gasteiger charge is -2.36. The van der Waals surface area contributed by atoms with Crippen LogP contribution in [0.25, 0.3) is 16.8 Å². The Kier molecular flexibility index (Phi) is 10.5. The van der Waals surface area contributed by atoms with Gasteiger partial charge in [0.05, 0.1) is 0 Å². The summed E-state index contributed by atoms with van der Waals surface area (Å²) >= 11 is 0. The van der Waals surface area contributed by atoms with Crippen LogP contribution >= 0.6 is 0 Å². The van der Waals surface area contributed by atoms with E-state index in [0.717, 1.165) is 16.7 Å². The second kappa shape index (κ2) is 14.9. The van der Waals surface area contributed by atoms with E-state index in [4.69, 9.17) is 15.9 Å². The summed E-state index contributed by atoms with van der Waals surface area (Å²) in [6, 6.07) is 30.7. The third-order valence-electron chi connectivity index (χ3n) is 6.57. The number of allylic oxidation sites excluding steroid dienone is 1. The quantitative estimate of drug-likeness (QED) is 0.156. The number of carbonyl (C=O) groups excluding carboxylic acids is 3. The molecule has 1 fully saturated rings. The molecule has 1 saturated heterocycles. The van der Waals surface area contributed by atoms with Crippen molar-refractivity contribution in [1.29, 1.82) is 0 Å². The summed E-state index contributed by atoms with van der Waals surface area (Å²) in [6.07, 6.45) is 5.65. The normalized spacial score (nSPS) is 15.5. The second-order valence-corrected chi connectivity index (χ2v) is 9.87. The van der Waals surface area contributed by atoms with Crippen molar-refractivity contribution in [3.8, 4) is 12.3 Å². The van der Waals surface area contributed by atoms with Crippen molar-refractivity contribution in [2.75, 3.05) is 6.54 Å². The van der Waals surface area contributed by atoms with Crippen molar-refractivity contribution in [2.24, 2.45) is 0 Å². The van der Waals surface area contributed by atoms with Gasteiger partial charge >= 0.3 is 6.09 Å². The number of nitrogens with one attached hydrogen (secondary N) is 3. The van der Waals surface area contributed by atoms with Crippen LogP contribution in [0.3, 0.4) is 0 Å². The van der Waals surface area contributed by atoms with Gasteiger partial charge in [0.2, 0.25) is 12.1 Å². The molecule has 1 aliphatic rings. The summed E-state index contributed by atoms with van der Waals surface area (Å²) in [6.45, 7) is 3.78. The molecule has 1 heterocycles. The molecule has 2 unspecified atom stereocenters. The minimum Gasteiger partial charge on any atom is -0.460 e. The van der Waals surface area contributed by atoms with Crippen molar-refractivity contribution < 1.29 is 23.9 Å². The number of fused-ring (bicyclic) bond motifs is 1. The molecule has 0 radical (unpaired) electrons. The molecule has 0 bridgehead atoms. The first-order chi connectivity index (χ1) is 20.8. The first-order valence-electron chi connectivity index (χ1n) is 13.7. The van der Waals surface area contributed by atoms with Gasteiger partial charge < -0.3 is 25.4 Å². The van der Waals surface area contributed by atoms with Crippen molar-refractivity contribution in [3.63, 3.8) is 0 Å². The van der Waals surface area contributed by atoms with Crippen molar-refractivity contribution in [2.45, 2.75) is 32.7 Å². The van der Waals surface area contributed by atoms with E-state index in [1.807, 2.05) is 61.5 Å². The number of rotatable bonds is 8. The van der Waals surface area contributed by atoms with Gasteiger partial charge in [0.1, 0.15) is 13.2 Å². The summed E-state index contributed by atoms with van der Waals surface area (Å²) in [4.78, 5) is 35.8. The minimum atomic E-state index is -0.932. The highest BCUT2D eigenvalue weighted by Crippen LogP contribution is 2.17. The first kappa shape index (κ1) is 30.4. The molecule has 2 atom stereocenters. The molecule has 43 heavy (non-hydrogen) atoms. The van der Waals surface area contributed by atoms with Crippen molar-refractivity contribution in [3.05, 3.63) is 125 Å². The fraction of sp³-hybridized carbons (Fsp3) is 0.171. The largest absolute Gasteiger partial charge is 0.460 e. The summed E-state index contributed by atoms with van der Waals surface area (Å²) in [7, 11) is 0. The monoisotopic (exact) mass is 575 g/mol. The van der Waals surface area contributed by atoms with Crippen molar-refractivity contribution >= 4 is 34.8 Å². The Morgan fingerprint density at radius 3 is 2.35 bits per heavy atom. The number of amides is 3. The van der Waals surface area contributed by atoms with Gasteiger partial charge in [-0.05, 0) is 53.3 Å². The molecule has 0 spiro atoms. The van der Waals surface area contributed by atoms with Gasteiger partial charge in [-0.25, -0.2) is 4.79 Å². The second-order valence-electron chi connectivity index (χ2n) is 9.87. The summed E-state index contributed by atoms with van der Waals surface area (Å²) in [5, 5.41) is 10.0. The number of hydrogen-bond acceptors (Lipinski definition) is 5. The van der Waals surface area contributed by atoms with E-state index in [1.165, 1.54) is 16.3 Å². The van der Waals surface area contributed by atoms with Gasteiger partial charge in [-0.15, -0.1) is 6.42 Å². The molecule has 5 rings (SSSR count). The number of ether oxygens (including phenoxy) is 2. The van der Waals surface area contributed by atoms with E-state index in [0.29, 0.717) is 0 Å². The van der Waals surface area contributed by atoms with Crippen LogP contribution in [-0.2, 0) is 25.7 Å². The summed E-state index contributed by atoms with van der Waals surface area (Å²) < 4.78 is 10.7. The molecule has 0 aliphatic carbocycles. The average molecular weight is 576 g/mol. The molecular weight excluding hydrogens is 542 g/mol. The Labute approximate surface area is 251 Å². The van der Waals surface area contributed by atoms with Crippen LogP contribution in [0.4, 0.5) is 4.79 Å². The van der Waals surface area contributed by atoms with Gasteiger partial charge in [-0.3, -0.25) is 9.59 Å². The third-order valence-corrected chi connectivity index (χ3v) is 6.57. The van der Waals surface area contributed by atoms with Crippen LogP contribution in [0.1, 0.15) is 22.3 Å². The standard InChI is InChI=1S/C24H23N3O5.C11H10/c1-3-19(13-18-12-8-7-9-16(18)2)32-23-21(22(29)27-23)26-20(28)14-25-24(30)31-15-17-10-5-4-6-11-17;1-9-6-7-10-4-2-3-5-11(10)8-9/h1,4-13,21,23H,14-15H2,2H3,(H,25,30)(H,26,28)(H,27,29);2-8H,1H3/b19-13+;. The maximum atomic E-state index is 12.1. The van der Waals surface area contributed by atoms with Gasteiger partial charge in [0.15, 0.2) is 11.8 Å². The van der Waals surface area contributed by atoms with Crippen LogP contribution in [0.2, 0.25) is 0 Å². The highest BCUT2D eigenvalue weighted by molar-refractivity contribution is 5.94. The molecule has 1 aliphatic heterocycles. The van der Waals surface area contributed by atoms with E-state index >= 15 is 0 Å². The molecule has 8 nitrogen and oxygen atoms in total. The Hall–Kier alpha value is -5.55. The SMILES string of the molecule is C#C/C(=C\c1ccccc1C)OC1NC(=O)C1NC(=O)CNC(=O)OCc1ccccc1.Cc1ccc2ccccc2c1. The van der Waals surface area contributed by atoms with E-state index < -0.39 is 30.2 Å². The Bertz CT molecular complexity index is 1660. The average Bonchev–Trinajstić information content (AvgIpc) is 3.02. The third kappa shape index (κ3) is 8.97. The number of carbonyl (C=O) groups is 3. The maximum absolute atomic E-state index is 12.1. The van der Waals surface area contributed by atoms with Gasteiger partial charge in [-0.2, -0.15) is 0 Å². The number of aryl methyl sites for hydroxylation is 2. The predicted molar refractivity (Wildman–Crippen MR) is 166 cm³/mol. The molecule has 218 valence electrons. The fourth-order valence-corrected chi connectivity index (χ4v) is 4.19. The van der Waals surface area contributed by atoms with Crippen LogP contribution in [0.5, 0.6) is 0 Å². The molecule has 4 aromatic carbocycles. The zero-order valence-electron chi connectivity index (χ0n) is 24.0. The lowest BCUT2D eigenvalue weighted by Crippen LogP contribution is -2.70. The molecule has 8 heteroatoms. The molecule has 0 aromatic heterocycles. The van der Waals surface area contributed by atoms with Gasteiger partial charge in [-0.1, -0.05) is 103 Å². The van der Waals surface area contributed by atoms with Gasteiger partial charge in [0.25, 0.3) is 5.91 Å². The highest BCUT2D eigenvalue weighted by Gasteiger charge is 2.42. The van der Waals surface area contributed by atoms with Crippen LogP contribution < -0.4 is 16.0 Å². The van der Waals surface area contributed by atoms with E-state index in [1.54, 1.807) is 6.08 Å². The van der Waals surface area contributed by atoms with E-state index in [9.17, 15) is 14.4 Å². The number of benzene rings is 4. The zero-order valence-corrected chi connectivity index (χ0v) is 24.0. The lowest BCUT2D eigenvalue weighted by molar-refractivity contribution is -0.146. The fourth-order valence-electron chi connectivity index (χ4n) is 4.19. The smallest absolute Gasteiger partial charge is 0.407 e. The van der Waals surface area contributed by atoms with Gasteiger partial charge in [0, 0.05) is 0 Å². The molecule has 3 amide bonds. The summed E-state index contributed by atoms with van der Waals surface area (Å²) in [5.41, 5.74) is 4.03. The predicted octanol–water partition coefficient (Wildman–Crippen LogP) is 5.00. The molecule has 3 N–H and O–H groups in total. The Balaban J connectivity index is 0.000000319. The number of hydrogen-bond donors (Lipinski definition) is 3. The molecule has 4 aromatic rings. The van der Waals surface area contributed by atoms with Crippen molar-refractivity contribution in [1.82, 2.24) is 16.0 Å². The maximum Gasteiger partial charge on any atom is 0.407 e. The Morgan fingerprint density at radius 1 is 0.930 bits per heavy atom. The topological polar surface area (TPSA) is 106 Å². The lowest BCUT2D eigenvalue weighted by atomic mass is 10.1. The number of β-lactam (4-membered cyclic amide) rings is 1. The zero-order chi connectivity index (χ0) is 30.6. The molecular formula is C35H33N3O5. The Morgan fingerprint density at radius 2 is 1.63 bits per heavy atom. The summed E-state index contributed by atoms with van der Waals surface area (Å²) in [5.74, 6) is 1.66. The van der Waals surface area contributed by atoms with E-state index in [-0.39, 0.29) is 18.9 Å². The van der Waals surface area contributed by atoms with E-state index in [2.05, 4.69) is 71.3 Å². The molecule has 0 saturated carbocycles. The van der Waals surface area contributed by atoms with Crippen LogP contribution in [0.15, 0.2) is 103 Å². The van der Waals surface area contributed by atoms with Crippen LogP contribution in [-0.4, -0.2) is 36.7 Å². The highest BCUT2D eigenvalue weighted by atomic mass is 16.5. The van der Waals surface area contributed by atoms with Crippen LogP contribution in [0, 0.1) is 26.2 Å².